The van der Waals surface area contributed by atoms with E-state index in [9.17, 15) is 9.50 Å². The smallest absolute Gasteiger partial charge is 0.126 e. The Hall–Kier alpha value is -1.39. The topological polar surface area (TPSA) is 29.5 Å². The van der Waals surface area contributed by atoms with E-state index in [1.807, 2.05) is 6.92 Å². The number of aryl methyl sites for hydroxylation is 1. The maximum absolute atomic E-state index is 13.6. The molecular weight excluding hydrogens is 323 g/mol. The molecule has 0 amide bonds. The van der Waals surface area contributed by atoms with E-state index in [4.69, 9.17) is 4.74 Å². The predicted molar refractivity (Wildman–Crippen MR) is 80.5 cm³/mol. The Morgan fingerprint density at radius 3 is 2.60 bits per heavy atom. The van der Waals surface area contributed by atoms with Gasteiger partial charge >= 0.3 is 0 Å². The van der Waals surface area contributed by atoms with Gasteiger partial charge in [0.25, 0.3) is 0 Å². The molecule has 0 radical (unpaired) electrons. The summed E-state index contributed by atoms with van der Waals surface area (Å²) in [4.78, 5) is 0. The van der Waals surface area contributed by atoms with Gasteiger partial charge in [-0.2, -0.15) is 0 Å². The van der Waals surface area contributed by atoms with Gasteiger partial charge < -0.3 is 9.84 Å². The van der Waals surface area contributed by atoms with E-state index in [0.717, 1.165) is 10.2 Å². The minimum atomic E-state index is -0.879. The third kappa shape index (κ3) is 3.19. The quantitative estimate of drug-likeness (QED) is 0.896. The summed E-state index contributed by atoms with van der Waals surface area (Å²) in [6.45, 7) is 4.18. The molecule has 1 N–H and O–H groups in total. The van der Waals surface area contributed by atoms with Gasteiger partial charge in [0.15, 0.2) is 0 Å². The molecule has 4 heteroatoms. The van der Waals surface area contributed by atoms with E-state index in [1.54, 1.807) is 37.3 Å². The molecule has 2 aromatic carbocycles. The second-order valence-corrected chi connectivity index (χ2v) is 5.38. The molecular formula is C16H16BrFO2. The summed E-state index contributed by atoms with van der Waals surface area (Å²) in [5.74, 6) is 0.411. The van der Waals surface area contributed by atoms with Crippen LogP contribution >= 0.6 is 15.9 Å². The first kappa shape index (κ1) is 15.0. The maximum atomic E-state index is 13.6. The zero-order valence-corrected chi connectivity index (χ0v) is 12.9. The van der Waals surface area contributed by atoms with Gasteiger partial charge in [-0.05, 0) is 48.7 Å². The van der Waals surface area contributed by atoms with Gasteiger partial charge in [0, 0.05) is 4.47 Å². The molecule has 2 aromatic rings. The minimum Gasteiger partial charge on any atom is -0.494 e. The molecule has 1 unspecified atom stereocenters. The summed E-state index contributed by atoms with van der Waals surface area (Å²) in [6.07, 6.45) is -0.879. The standard InChI is InChI=1S/C16H16BrFO2/c1-3-20-12-6-7-13(14(17)9-12)16(19)11-5-4-10(2)15(18)8-11/h4-9,16,19H,3H2,1-2H3. The first-order chi connectivity index (χ1) is 9.52. The van der Waals surface area contributed by atoms with Crippen molar-refractivity contribution in [1.29, 1.82) is 0 Å². The lowest BCUT2D eigenvalue weighted by molar-refractivity contribution is 0.219. The van der Waals surface area contributed by atoms with Crippen molar-refractivity contribution in [3.8, 4) is 5.75 Å². The van der Waals surface area contributed by atoms with E-state index in [2.05, 4.69) is 15.9 Å². The van der Waals surface area contributed by atoms with Crippen molar-refractivity contribution in [2.45, 2.75) is 20.0 Å². The number of halogens is 2. The Labute approximate surface area is 126 Å². The summed E-state index contributed by atoms with van der Waals surface area (Å²) in [7, 11) is 0. The Morgan fingerprint density at radius 2 is 2.00 bits per heavy atom. The number of ether oxygens (including phenoxy) is 1. The summed E-state index contributed by atoms with van der Waals surface area (Å²) < 4.78 is 19.7. The number of benzene rings is 2. The Kier molecular flexibility index (Phi) is 4.78. The van der Waals surface area contributed by atoms with Crippen molar-refractivity contribution in [3.05, 3.63) is 63.4 Å². The van der Waals surface area contributed by atoms with E-state index in [-0.39, 0.29) is 5.82 Å². The van der Waals surface area contributed by atoms with Gasteiger partial charge in [0.05, 0.1) is 6.61 Å². The Bertz CT molecular complexity index is 613. The molecule has 0 aliphatic carbocycles. The molecule has 1 atom stereocenters. The van der Waals surface area contributed by atoms with Crippen molar-refractivity contribution < 1.29 is 14.2 Å². The van der Waals surface area contributed by atoms with Crippen molar-refractivity contribution >= 4 is 15.9 Å². The van der Waals surface area contributed by atoms with Gasteiger partial charge in [0.1, 0.15) is 17.7 Å². The van der Waals surface area contributed by atoms with Crippen LogP contribution in [0.3, 0.4) is 0 Å². The summed E-state index contributed by atoms with van der Waals surface area (Å²) >= 11 is 3.41. The molecule has 0 spiro atoms. The lowest BCUT2D eigenvalue weighted by atomic mass is 10.0. The summed E-state index contributed by atoms with van der Waals surface area (Å²) in [5, 5.41) is 10.4. The van der Waals surface area contributed by atoms with Gasteiger partial charge in [-0.15, -0.1) is 0 Å². The van der Waals surface area contributed by atoms with Crippen LogP contribution in [-0.2, 0) is 0 Å². The fourth-order valence-electron chi connectivity index (χ4n) is 1.94. The van der Waals surface area contributed by atoms with Gasteiger partial charge in [-0.25, -0.2) is 4.39 Å². The van der Waals surface area contributed by atoms with Crippen molar-refractivity contribution in [1.82, 2.24) is 0 Å². The molecule has 0 aliphatic heterocycles. The first-order valence-corrected chi connectivity index (χ1v) is 7.18. The van der Waals surface area contributed by atoms with Crippen LogP contribution in [0.25, 0.3) is 0 Å². The van der Waals surface area contributed by atoms with Crippen molar-refractivity contribution in [2.24, 2.45) is 0 Å². The van der Waals surface area contributed by atoms with E-state index in [0.29, 0.717) is 23.3 Å². The van der Waals surface area contributed by atoms with Crippen LogP contribution in [0.2, 0.25) is 0 Å². The molecule has 0 saturated heterocycles. The molecule has 0 fully saturated rings. The highest BCUT2D eigenvalue weighted by Crippen LogP contribution is 2.32. The second-order valence-electron chi connectivity index (χ2n) is 4.53. The molecule has 0 bridgehead atoms. The number of rotatable bonds is 4. The molecule has 106 valence electrons. The fourth-order valence-corrected chi connectivity index (χ4v) is 2.52. The molecule has 0 heterocycles. The summed E-state index contributed by atoms with van der Waals surface area (Å²) in [6, 6.07) is 10.1. The van der Waals surface area contributed by atoms with Gasteiger partial charge in [0.2, 0.25) is 0 Å². The predicted octanol–water partition coefficient (Wildman–Crippen LogP) is 4.38. The van der Waals surface area contributed by atoms with Crippen LogP contribution < -0.4 is 4.74 Å². The van der Waals surface area contributed by atoms with E-state index >= 15 is 0 Å². The third-order valence-corrected chi connectivity index (χ3v) is 3.78. The zero-order chi connectivity index (χ0) is 14.7. The van der Waals surface area contributed by atoms with Crippen LogP contribution in [0.5, 0.6) is 5.75 Å². The second kappa shape index (κ2) is 6.37. The van der Waals surface area contributed by atoms with Gasteiger partial charge in [-0.3, -0.25) is 0 Å². The third-order valence-electron chi connectivity index (χ3n) is 3.09. The molecule has 20 heavy (non-hydrogen) atoms. The van der Waals surface area contributed by atoms with E-state index in [1.165, 1.54) is 6.07 Å². The van der Waals surface area contributed by atoms with Crippen LogP contribution in [0.4, 0.5) is 4.39 Å². The largest absolute Gasteiger partial charge is 0.494 e. The fraction of sp³-hybridized carbons (Fsp3) is 0.250. The molecule has 0 aliphatic rings. The van der Waals surface area contributed by atoms with Crippen LogP contribution in [-0.4, -0.2) is 11.7 Å². The van der Waals surface area contributed by atoms with E-state index < -0.39 is 6.10 Å². The lowest BCUT2D eigenvalue weighted by Crippen LogP contribution is -2.02. The average Bonchev–Trinajstić information content (AvgIpc) is 2.42. The van der Waals surface area contributed by atoms with Crippen LogP contribution in [0, 0.1) is 12.7 Å². The van der Waals surface area contributed by atoms with Crippen molar-refractivity contribution in [2.75, 3.05) is 6.61 Å². The molecule has 0 aromatic heterocycles. The Balaban J connectivity index is 2.32. The zero-order valence-electron chi connectivity index (χ0n) is 11.4. The monoisotopic (exact) mass is 338 g/mol. The highest BCUT2D eigenvalue weighted by Gasteiger charge is 2.15. The normalized spacial score (nSPS) is 12.2. The summed E-state index contributed by atoms with van der Waals surface area (Å²) in [5.41, 5.74) is 1.77. The number of hydrogen-bond acceptors (Lipinski definition) is 2. The number of hydrogen-bond donors (Lipinski definition) is 1. The average molecular weight is 339 g/mol. The Morgan fingerprint density at radius 1 is 1.25 bits per heavy atom. The SMILES string of the molecule is CCOc1ccc(C(O)c2ccc(C)c(F)c2)c(Br)c1. The highest BCUT2D eigenvalue weighted by atomic mass is 79.9. The minimum absolute atomic E-state index is 0.316. The maximum Gasteiger partial charge on any atom is 0.126 e. The molecule has 2 rings (SSSR count). The van der Waals surface area contributed by atoms with Crippen LogP contribution in [0.1, 0.15) is 29.7 Å². The van der Waals surface area contributed by atoms with Gasteiger partial charge in [-0.1, -0.05) is 34.1 Å². The number of aliphatic hydroxyl groups is 1. The highest BCUT2D eigenvalue weighted by molar-refractivity contribution is 9.10. The lowest BCUT2D eigenvalue weighted by Gasteiger charge is -2.15. The van der Waals surface area contributed by atoms with Crippen LogP contribution in [0.15, 0.2) is 40.9 Å². The first-order valence-electron chi connectivity index (χ1n) is 6.39. The molecule has 0 saturated carbocycles. The molecule has 2 nitrogen and oxygen atoms in total. The van der Waals surface area contributed by atoms with Crippen molar-refractivity contribution in [3.63, 3.8) is 0 Å². The number of aliphatic hydroxyl groups excluding tert-OH is 1.